The summed E-state index contributed by atoms with van der Waals surface area (Å²) >= 11 is 0. The summed E-state index contributed by atoms with van der Waals surface area (Å²) in [4.78, 5) is 27.2. The standard InChI is InChI=1S/C8H10N2O2/c1-4(2)6-7(11)9-5(3)10-8(6)12/h3H2,1-2H3,(H,9,11)(H,10,12). The summed E-state index contributed by atoms with van der Waals surface area (Å²) in [5.41, 5.74) is 0.153. The summed E-state index contributed by atoms with van der Waals surface area (Å²) in [5.74, 6) is 0. The Labute approximate surface area is 68.3 Å². The van der Waals surface area contributed by atoms with Crippen LogP contribution in [-0.2, 0) is 0 Å². The first kappa shape index (κ1) is 8.52. The predicted molar refractivity (Wildman–Crippen MR) is 47.2 cm³/mol. The van der Waals surface area contributed by atoms with E-state index in [1.54, 1.807) is 13.8 Å². The van der Waals surface area contributed by atoms with Gasteiger partial charge in [-0.05, 0) is 13.8 Å². The van der Waals surface area contributed by atoms with Gasteiger partial charge < -0.3 is 9.97 Å². The van der Waals surface area contributed by atoms with Crippen molar-refractivity contribution in [2.75, 3.05) is 0 Å². The molecule has 0 spiro atoms. The molecular weight excluding hydrogens is 156 g/mol. The van der Waals surface area contributed by atoms with Crippen molar-refractivity contribution in [3.63, 3.8) is 0 Å². The van der Waals surface area contributed by atoms with Crippen LogP contribution in [0.1, 0.15) is 13.8 Å². The average molecular weight is 166 g/mol. The molecule has 0 radical (unpaired) electrons. The Hall–Kier alpha value is -1.58. The second kappa shape index (κ2) is 2.81. The van der Waals surface area contributed by atoms with Gasteiger partial charge in [-0.2, -0.15) is 0 Å². The van der Waals surface area contributed by atoms with Gasteiger partial charge in [-0.1, -0.05) is 12.2 Å². The van der Waals surface area contributed by atoms with Crippen molar-refractivity contribution in [1.29, 1.82) is 0 Å². The second-order valence-corrected chi connectivity index (χ2v) is 2.76. The molecule has 0 aliphatic carbocycles. The van der Waals surface area contributed by atoms with Crippen LogP contribution in [0.2, 0.25) is 0 Å². The van der Waals surface area contributed by atoms with Gasteiger partial charge in [-0.3, -0.25) is 9.59 Å². The maximum Gasteiger partial charge on any atom is 0.262 e. The fourth-order valence-corrected chi connectivity index (χ4v) is 0.988. The van der Waals surface area contributed by atoms with E-state index < -0.39 is 0 Å². The lowest BCUT2D eigenvalue weighted by molar-refractivity contribution is 0.987. The highest BCUT2D eigenvalue weighted by Gasteiger charge is 1.95. The van der Waals surface area contributed by atoms with Gasteiger partial charge in [0.2, 0.25) is 0 Å². The molecule has 0 fully saturated rings. The maximum absolute atomic E-state index is 11.2. The molecule has 4 nitrogen and oxygen atoms in total. The molecule has 0 aliphatic rings. The number of nitrogens with one attached hydrogen (secondary N) is 2. The second-order valence-electron chi connectivity index (χ2n) is 2.76. The van der Waals surface area contributed by atoms with Crippen LogP contribution in [-0.4, -0.2) is 9.97 Å². The lowest BCUT2D eigenvalue weighted by Gasteiger charge is -1.89. The molecular formula is C8H10N2O2. The van der Waals surface area contributed by atoms with Crippen LogP contribution in [0.3, 0.4) is 0 Å². The maximum atomic E-state index is 11.2. The quantitative estimate of drug-likeness (QED) is 0.501. The molecule has 12 heavy (non-hydrogen) atoms. The van der Waals surface area contributed by atoms with Gasteiger partial charge >= 0.3 is 0 Å². The topological polar surface area (TPSA) is 65.7 Å². The minimum Gasteiger partial charge on any atom is -0.308 e. The van der Waals surface area contributed by atoms with Crippen molar-refractivity contribution < 1.29 is 0 Å². The van der Waals surface area contributed by atoms with Gasteiger partial charge in [-0.25, -0.2) is 0 Å². The van der Waals surface area contributed by atoms with Crippen LogP contribution >= 0.6 is 0 Å². The Balaban J connectivity index is 4.01. The first-order valence-corrected chi connectivity index (χ1v) is 3.51. The Kier molecular flexibility index (Phi) is 1.99. The number of rotatable bonds is 0. The molecule has 0 amide bonds. The molecule has 2 N–H and O–H groups in total. The van der Waals surface area contributed by atoms with Crippen molar-refractivity contribution in [2.24, 2.45) is 0 Å². The summed E-state index contributed by atoms with van der Waals surface area (Å²) in [6, 6.07) is 0. The Morgan fingerprint density at radius 2 is 1.58 bits per heavy atom. The number of H-pyrrole nitrogens is 2. The monoisotopic (exact) mass is 166 g/mol. The van der Waals surface area contributed by atoms with E-state index in [1.807, 2.05) is 0 Å². The van der Waals surface area contributed by atoms with E-state index in [2.05, 4.69) is 16.5 Å². The summed E-state index contributed by atoms with van der Waals surface area (Å²) in [6.45, 7) is 6.84. The summed E-state index contributed by atoms with van der Waals surface area (Å²) < 4.78 is 0. The molecule has 0 atom stereocenters. The molecule has 1 rings (SSSR count). The number of aromatic amines is 2. The van der Waals surface area contributed by atoms with Gasteiger partial charge in [0.1, 0.15) is 10.7 Å². The molecule has 0 aliphatic heterocycles. The third-order valence-corrected chi connectivity index (χ3v) is 1.48. The van der Waals surface area contributed by atoms with Gasteiger partial charge in [0.15, 0.2) is 0 Å². The van der Waals surface area contributed by atoms with Gasteiger partial charge in [-0.15, -0.1) is 0 Å². The van der Waals surface area contributed by atoms with Crippen molar-refractivity contribution in [2.45, 2.75) is 13.8 Å². The number of hydrogen-bond acceptors (Lipinski definition) is 2. The molecule has 0 unspecified atom stereocenters. The SMILES string of the molecule is C=c1[nH]c(=O)c(=C(C)C)c(=O)[nH]1. The highest BCUT2D eigenvalue weighted by atomic mass is 16.1. The Morgan fingerprint density at radius 1 is 1.17 bits per heavy atom. The fourth-order valence-electron chi connectivity index (χ4n) is 0.988. The third-order valence-electron chi connectivity index (χ3n) is 1.48. The van der Waals surface area contributed by atoms with Crippen LogP contribution in [0, 0.1) is 0 Å². The zero-order valence-electron chi connectivity index (χ0n) is 7.02. The van der Waals surface area contributed by atoms with Gasteiger partial charge in [0.25, 0.3) is 11.1 Å². The smallest absolute Gasteiger partial charge is 0.262 e. The molecule has 1 heterocycles. The van der Waals surface area contributed by atoms with Crippen molar-refractivity contribution in [3.8, 4) is 0 Å². The highest BCUT2D eigenvalue weighted by molar-refractivity contribution is 5.36. The molecule has 0 aromatic carbocycles. The van der Waals surface area contributed by atoms with Crippen LogP contribution in [0.15, 0.2) is 9.59 Å². The van der Waals surface area contributed by atoms with E-state index in [4.69, 9.17) is 0 Å². The first-order valence-electron chi connectivity index (χ1n) is 3.51. The van der Waals surface area contributed by atoms with E-state index in [-0.39, 0.29) is 21.8 Å². The van der Waals surface area contributed by atoms with E-state index >= 15 is 0 Å². The summed E-state index contributed by atoms with van der Waals surface area (Å²) in [5, 5.41) is 0.169. The summed E-state index contributed by atoms with van der Waals surface area (Å²) in [7, 11) is 0. The van der Waals surface area contributed by atoms with Crippen LogP contribution in [0.4, 0.5) is 0 Å². The third kappa shape index (κ3) is 1.37. The zero-order chi connectivity index (χ0) is 9.30. The van der Waals surface area contributed by atoms with Crippen LogP contribution < -0.4 is 21.8 Å². The average Bonchev–Trinajstić information content (AvgIpc) is 1.82. The van der Waals surface area contributed by atoms with Crippen LogP contribution in [0.5, 0.6) is 0 Å². The number of hydrogen-bond donors (Lipinski definition) is 2. The van der Waals surface area contributed by atoms with Crippen LogP contribution in [0.25, 0.3) is 12.2 Å². The van der Waals surface area contributed by atoms with Crippen molar-refractivity contribution in [1.82, 2.24) is 9.97 Å². The lowest BCUT2D eigenvalue weighted by Crippen LogP contribution is -2.48. The van der Waals surface area contributed by atoms with E-state index in [0.29, 0.717) is 5.57 Å². The van der Waals surface area contributed by atoms with E-state index in [1.165, 1.54) is 0 Å². The Bertz CT molecular complexity index is 466. The molecule has 1 aromatic rings. The van der Waals surface area contributed by atoms with E-state index in [0.717, 1.165) is 0 Å². The largest absolute Gasteiger partial charge is 0.308 e. The molecule has 0 bridgehead atoms. The summed E-state index contributed by atoms with van der Waals surface area (Å²) in [6.07, 6.45) is 0. The molecule has 64 valence electrons. The van der Waals surface area contributed by atoms with Gasteiger partial charge in [0, 0.05) is 0 Å². The number of aromatic nitrogens is 2. The zero-order valence-corrected chi connectivity index (χ0v) is 7.02. The highest BCUT2D eigenvalue weighted by Crippen LogP contribution is 1.77. The molecule has 0 saturated heterocycles. The first-order chi connectivity index (χ1) is 5.52. The minimum atomic E-state index is -0.385. The van der Waals surface area contributed by atoms with Crippen molar-refractivity contribution >= 4 is 12.2 Å². The van der Waals surface area contributed by atoms with Gasteiger partial charge in [0.05, 0.1) is 0 Å². The van der Waals surface area contributed by atoms with Crippen molar-refractivity contribution in [3.05, 3.63) is 31.4 Å². The molecule has 1 aromatic heterocycles. The lowest BCUT2D eigenvalue weighted by atomic mass is 10.3. The molecule has 4 heteroatoms. The predicted octanol–water partition coefficient (Wildman–Crippen LogP) is -1.34. The fraction of sp³-hybridized carbons (Fsp3) is 0.250. The van der Waals surface area contributed by atoms with E-state index in [9.17, 15) is 9.59 Å². The Morgan fingerprint density at radius 3 is 1.92 bits per heavy atom. The minimum absolute atomic E-state index is 0.169. The molecule has 0 saturated carbocycles. The normalized spacial score (nSPS) is 9.83.